The van der Waals surface area contributed by atoms with Crippen molar-refractivity contribution in [3.05, 3.63) is 0 Å². The Hall–Kier alpha value is -1.06. The molecule has 0 aromatic rings. The van der Waals surface area contributed by atoms with Gasteiger partial charge in [-0.05, 0) is 38.5 Å². The van der Waals surface area contributed by atoms with Gasteiger partial charge in [0.25, 0.3) is 0 Å². The smallest absolute Gasteiger partial charge is 0.222 e. The van der Waals surface area contributed by atoms with Gasteiger partial charge in [0.05, 0.1) is 0 Å². The molecule has 2 amide bonds. The third kappa shape index (κ3) is 12.8. The summed E-state index contributed by atoms with van der Waals surface area (Å²) >= 11 is 0. The number of rotatable bonds is 11. The predicted octanol–water partition coefficient (Wildman–Crippen LogP) is 7.25. The summed E-state index contributed by atoms with van der Waals surface area (Å²) in [5.74, 6) is 0.791. The van der Waals surface area contributed by atoms with Crippen molar-refractivity contribution in [2.45, 2.75) is 141 Å². The molecule has 0 unspecified atom stereocenters. The second-order valence-electron chi connectivity index (χ2n) is 10.3. The van der Waals surface area contributed by atoms with Gasteiger partial charge >= 0.3 is 0 Å². The summed E-state index contributed by atoms with van der Waals surface area (Å²) in [5.41, 5.74) is 0. The Morgan fingerprint density at radius 1 is 0.375 bits per heavy atom. The molecule has 2 rings (SSSR count). The maximum absolute atomic E-state index is 12.5. The lowest BCUT2D eigenvalue weighted by Crippen LogP contribution is -2.32. The number of carbonyl (C=O) groups excluding carboxylic acids is 2. The molecule has 0 bridgehead atoms. The Morgan fingerprint density at radius 2 is 0.625 bits per heavy atom. The zero-order valence-corrected chi connectivity index (χ0v) is 21.1. The van der Waals surface area contributed by atoms with Crippen LogP contribution in [0.4, 0.5) is 0 Å². The van der Waals surface area contributed by atoms with Crippen LogP contribution in [0.2, 0.25) is 0 Å². The summed E-state index contributed by atoms with van der Waals surface area (Å²) in [6.07, 6.45) is 26.3. The molecule has 4 heteroatoms. The number of hydrogen-bond donors (Lipinski definition) is 0. The van der Waals surface area contributed by atoms with Gasteiger partial charge in [0.15, 0.2) is 0 Å². The fraction of sp³-hybridized carbons (Fsp3) is 0.929. The molecular weight excluding hydrogens is 396 g/mol. The maximum atomic E-state index is 12.5. The van der Waals surface area contributed by atoms with E-state index in [1.54, 1.807) is 0 Å². The number of unbranched alkanes of at least 4 members (excludes halogenated alkanes) is 7. The topological polar surface area (TPSA) is 40.6 Å². The maximum Gasteiger partial charge on any atom is 0.222 e. The quantitative estimate of drug-likeness (QED) is 0.312. The monoisotopic (exact) mass is 448 g/mol. The molecule has 0 N–H and O–H groups in total. The molecule has 0 aromatic carbocycles. The molecule has 2 saturated heterocycles. The van der Waals surface area contributed by atoms with Crippen molar-refractivity contribution in [1.29, 1.82) is 0 Å². The molecule has 2 aliphatic rings. The number of carbonyl (C=O) groups is 2. The van der Waals surface area contributed by atoms with Gasteiger partial charge in [0.1, 0.15) is 0 Å². The predicted molar refractivity (Wildman–Crippen MR) is 135 cm³/mol. The molecule has 0 spiro atoms. The number of amides is 2. The Kier molecular flexibility index (Phi) is 15.6. The Morgan fingerprint density at radius 3 is 0.938 bits per heavy atom. The van der Waals surface area contributed by atoms with E-state index in [-0.39, 0.29) is 0 Å². The van der Waals surface area contributed by atoms with Gasteiger partial charge in [-0.25, -0.2) is 0 Å². The van der Waals surface area contributed by atoms with Crippen LogP contribution >= 0.6 is 0 Å². The lowest BCUT2D eigenvalue weighted by atomic mass is 10.1. The van der Waals surface area contributed by atoms with Gasteiger partial charge < -0.3 is 9.80 Å². The summed E-state index contributed by atoms with van der Waals surface area (Å²) in [5, 5.41) is 0. The Labute approximate surface area is 198 Å². The van der Waals surface area contributed by atoms with Crippen LogP contribution in [0.15, 0.2) is 0 Å². The highest BCUT2D eigenvalue weighted by molar-refractivity contribution is 5.76. The zero-order chi connectivity index (χ0) is 22.7. The Bertz CT molecular complexity index is 430. The zero-order valence-electron chi connectivity index (χ0n) is 21.1. The van der Waals surface area contributed by atoms with E-state index in [9.17, 15) is 9.59 Å². The SMILES string of the molecule is O=C(CCCCCCCCCCC(=O)N1CCCCCCCC1)N1CCCCCCCC1. The van der Waals surface area contributed by atoms with E-state index in [1.165, 1.54) is 116 Å². The molecule has 186 valence electrons. The van der Waals surface area contributed by atoms with Gasteiger partial charge in [0, 0.05) is 39.0 Å². The molecule has 0 radical (unpaired) electrons. The minimum Gasteiger partial charge on any atom is -0.343 e. The van der Waals surface area contributed by atoms with Crippen molar-refractivity contribution in [3.63, 3.8) is 0 Å². The van der Waals surface area contributed by atoms with Crippen LogP contribution in [-0.2, 0) is 9.59 Å². The van der Waals surface area contributed by atoms with Crippen molar-refractivity contribution in [2.24, 2.45) is 0 Å². The van der Waals surface area contributed by atoms with Crippen LogP contribution in [-0.4, -0.2) is 47.8 Å². The summed E-state index contributed by atoms with van der Waals surface area (Å²) in [6, 6.07) is 0. The van der Waals surface area contributed by atoms with Crippen molar-refractivity contribution in [3.8, 4) is 0 Å². The third-order valence-electron chi connectivity index (χ3n) is 7.45. The molecule has 2 aliphatic heterocycles. The first-order valence-electron chi connectivity index (χ1n) is 14.3. The van der Waals surface area contributed by atoms with E-state index < -0.39 is 0 Å². The van der Waals surface area contributed by atoms with E-state index in [1.807, 2.05) is 0 Å². The summed E-state index contributed by atoms with van der Waals surface area (Å²) < 4.78 is 0. The molecular formula is C28H52N2O2. The molecule has 0 aromatic heterocycles. The highest BCUT2D eigenvalue weighted by atomic mass is 16.2. The molecule has 2 fully saturated rings. The highest BCUT2D eigenvalue weighted by Crippen LogP contribution is 2.16. The van der Waals surface area contributed by atoms with E-state index in [0.29, 0.717) is 11.8 Å². The van der Waals surface area contributed by atoms with Crippen molar-refractivity contribution >= 4 is 11.8 Å². The summed E-state index contributed by atoms with van der Waals surface area (Å²) in [7, 11) is 0. The second kappa shape index (κ2) is 18.4. The van der Waals surface area contributed by atoms with Crippen molar-refractivity contribution in [1.82, 2.24) is 9.80 Å². The highest BCUT2D eigenvalue weighted by Gasteiger charge is 2.14. The fourth-order valence-electron chi connectivity index (χ4n) is 5.28. The lowest BCUT2D eigenvalue weighted by molar-refractivity contribution is -0.132. The number of hydrogen-bond acceptors (Lipinski definition) is 2. The Balaban J connectivity index is 1.41. The fourth-order valence-corrected chi connectivity index (χ4v) is 5.28. The minimum absolute atomic E-state index is 0.396. The molecule has 0 atom stereocenters. The van der Waals surface area contributed by atoms with Gasteiger partial charge in [0.2, 0.25) is 11.8 Å². The van der Waals surface area contributed by atoms with E-state index in [4.69, 9.17) is 0 Å². The molecule has 2 heterocycles. The largest absolute Gasteiger partial charge is 0.343 e. The summed E-state index contributed by atoms with van der Waals surface area (Å²) in [6.45, 7) is 3.94. The molecule has 0 saturated carbocycles. The van der Waals surface area contributed by atoms with Crippen LogP contribution in [0.3, 0.4) is 0 Å². The summed E-state index contributed by atoms with van der Waals surface area (Å²) in [4.78, 5) is 29.3. The van der Waals surface area contributed by atoms with Crippen LogP contribution in [0.1, 0.15) is 141 Å². The van der Waals surface area contributed by atoms with Crippen LogP contribution in [0.5, 0.6) is 0 Å². The minimum atomic E-state index is 0.396. The normalized spacial score (nSPS) is 19.2. The first-order valence-corrected chi connectivity index (χ1v) is 14.3. The average molecular weight is 449 g/mol. The van der Waals surface area contributed by atoms with Gasteiger partial charge in [-0.15, -0.1) is 0 Å². The van der Waals surface area contributed by atoms with E-state index >= 15 is 0 Å². The molecule has 0 aliphatic carbocycles. The molecule has 4 nitrogen and oxygen atoms in total. The van der Waals surface area contributed by atoms with Crippen LogP contribution in [0, 0.1) is 0 Å². The van der Waals surface area contributed by atoms with Gasteiger partial charge in [-0.2, -0.15) is 0 Å². The van der Waals surface area contributed by atoms with Crippen molar-refractivity contribution in [2.75, 3.05) is 26.2 Å². The van der Waals surface area contributed by atoms with Crippen LogP contribution < -0.4 is 0 Å². The second-order valence-corrected chi connectivity index (χ2v) is 10.3. The standard InChI is InChI=1S/C28H52N2O2/c31-27(29-23-17-11-5-6-12-18-24-29)21-15-9-3-1-2-4-10-16-22-28(32)30-25-19-13-7-8-14-20-26-30/h1-26H2. The van der Waals surface area contributed by atoms with E-state index in [0.717, 1.165) is 51.9 Å². The van der Waals surface area contributed by atoms with Crippen LogP contribution in [0.25, 0.3) is 0 Å². The first kappa shape index (κ1) is 27.2. The van der Waals surface area contributed by atoms with E-state index in [2.05, 4.69) is 9.80 Å². The first-order chi connectivity index (χ1) is 15.8. The van der Waals surface area contributed by atoms with Gasteiger partial charge in [-0.3, -0.25) is 9.59 Å². The average Bonchev–Trinajstić information content (AvgIpc) is 3.03. The lowest BCUT2D eigenvalue weighted by Gasteiger charge is -2.22. The van der Waals surface area contributed by atoms with Gasteiger partial charge in [-0.1, -0.05) is 89.9 Å². The van der Waals surface area contributed by atoms with Crippen molar-refractivity contribution < 1.29 is 9.59 Å². The third-order valence-corrected chi connectivity index (χ3v) is 7.45. The molecule has 32 heavy (non-hydrogen) atoms. The number of nitrogens with zero attached hydrogens (tertiary/aromatic N) is 2.